The molecule has 1 amide bonds. The highest BCUT2D eigenvalue weighted by Gasteiger charge is 2.31. The Balaban J connectivity index is 2.27. The molecule has 8 nitrogen and oxygen atoms in total. The third kappa shape index (κ3) is 3.53. The maximum atomic E-state index is 12.5. The van der Waals surface area contributed by atoms with Gasteiger partial charge in [-0.05, 0) is 19.1 Å². The van der Waals surface area contributed by atoms with Crippen LogP contribution >= 0.6 is 0 Å². The molecule has 0 saturated heterocycles. The second-order valence-electron chi connectivity index (χ2n) is 4.84. The Morgan fingerprint density at radius 2 is 2.18 bits per heavy atom. The summed E-state index contributed by atoms with van der Waals surface area (Å²) in [5.74, 6) is -1.41. The van der Waals surface area contributed by atoms with Crippen molar-refractivity contribution in [3.8, 4) is 0 Å². The van der Waals surface area contributed by atoms with E-state index in [1.165, 1.54) is 11.0 Å². The average Bonchev–Trinajstić information content (AvgIpc) is 2.45. The van der Waals surface area contributed by atoms with Crippen LogP contribution in [0, 0.1) is 0 Å². The zero-order valence-corrected chi connectivity index (χ0v) is 12.9. The Morgan fingerprint density at radius 1 is 1.45 bits per heavy atom. The summed E-state index contributed by atoms with van der Waals surface area (Å²) in [6.07, 6.45) is 4.65. The lowest BCUT2D eigenvalue weighted by Gasteiger charge is -2.30. The first-order chi connectivity index (χ1) is 10.3. The second-order valence-corrected chi connectivity index (χ2v) is 6.60. The molecule has 1 N–H and O–H groups in total. The minimum atomic E-state index is -3.57. The maximum Gasteiger partial charge on any atom is 0.305 e. The van der Waals surface area contributed by atoms with Gasteiger partial charge in [0.15, 0.2) is 5.84 Å². The van der Waals surface area contributed by atoms with Gasteiger partial charge in [-0.1, -0.05) is 0 Å². The molecule has 0 radical (unpaired) electrons. The van der Waals surface area contributed by atoms with E-state index in [2.05, 4.69) is 4.40 Å². The summed E-state index contributed by atoms with van der Waals surface area (Å²) in [6.45, 7) is 2.36. The van der Waals surface area contributed by atoms with Gasteiger partial charge in [-0.3, -0.25) is 9.59 Å². The zero-order valence-electron chi connectivity index (χ0n) is 12.1. The topological polar surface area (TPSA) is 107 Å². The number of amidine groups is 1. The van der Waals surface area contributed by atoms with Gasteiger partial charge in [-0.25, -0.2) is 8.42 Å². The van der Waals surface area contributed by atoms with Gasteiger partial charge in [0.2, 0.25) is 0 Å². The van der Waals surface area contributed by atoms with Gasteiger partial charge in [0.25, 0.3) is 15.9 Å². The smallest absolute Gasteiger partial charge is 0.305 e. The van der Waals surface area contributed by atoms with E-state index in [0.717, 1.165) is 0 Å². The monoisotopic (exact) mass is 327 g/mol. The number of hydrogen-bond donors (Lipinski definition) is 1. The normalized spacial score (nSPS) is 19.0. The largest absolute Gasteiger partial charge is 0.481 e. The summed E-state index contributed by atoms with van der Waals surface area (Å²) in [5, 5.41) is 8.73. The number of carboxylic acid groups (broad SMARTS) is 1. The maximum absolute atomic E-state index is 12.5. The molecular formula is C13H17N3O5S. The number of carboxylic acids is 1. The van der Waals surface area contributed by atoms with Crippen LogP contribution in [0.2, 0.25) is 0 Å². The first kappa shape index (κ1) is 16.2. The van der Waals surface area contributed by atoms with Gasteiger partial charge < -0.3 is 14.9 Å². The van der Waals surface area contributed by atoms with E-state index >= 15 is 0 Å². The molecule has 2 aliphatic rings. The van der Waals surface area contributed by atoms with Crippen LogP contribution in [0.25, 0.3) is 0 Å². The van der Waals surface area contributed by atoms with Gasteiger partial charge in [0.1, 0.15) is 0 Å². The highest BCUT2D eigenvalue weighted by atomic mass is 32.2. The minimum absolute atomic E-state index is 0.0613. The molecule has 22 heavy (non-hydrogen) atoms. The zero-order chi connectivity index (χ0) is 16.3. The van der Waals surface area contributed by atoms with Crippen molar-refractivity contribution in [1.29, 1.82) is 0 Å². The Labute approximate surface area is 128 Å². The van der Waals surface area contributed by atoms with Crippen molar-refractivity contribution < 1.29 is 23.1 Å². The molecule has 120 valence electrons. The Bertz CT molecular complexity index is 678. The summed E-state index contributed by atoms with van der Waals surface area (Å²) in [4.78, 5) is 26.2. The molecule has 2 rings (SSSR count). The van der Waals surface area contributed by atoms with Crippen LogP contribution < -0.4 is 0 Å². The van der Waals surface area contributed by atoms with Crippen molar-refractivity contribution in [2.75, 3.05) is 25.4 Å². The number of sulfonamides is 1. The highest BCUT2D eigenvalue weighted by Crippen LogP contribution is 2.19. The van der Waals surface area contributed by atoms with E-state index in [-0.39, 0.29) is 36.7 Å². The lowest BCUT2D eigenvalue weighted by Crippen LogP contribution is -2.44. The standard InChI is InChI=1S/C13H17N3O5S/c1-2-15(7-5-11(17)18)13(19)10-4-3-6-16-8-9-22(20,21)14-12(10)16/h3-4,6H,2,5,7-9H2,1H3,(H,17,18). The summed E-state index contributed by atoms with van der Waals surface area (Å²) in [6, 6.07) is 0. The SMILES string of the molecule is CCN(CCC(=O)O)C(=O)C1=CC=CN2CCS(=O)(=O)N=C12. The minimum Gasteiger partial charge on any atom is -0.481 e. The molecule has 0 aromatic carbocycles. The number of allylic oxidation sites excluding steroid dienone is 2. The number of carbonyl (C=O) groups excluding carboxylic acids is 1. The molecule has 0 unspecified atom stereocenters. The number of nitrogens with zero attached hydrogens (tertiary/aromatic N) is 3. The van der Waals surface area contributed by atoms with E-state index in [9.17, 15) is 18.0 Å². The number of aliphatic carboxylic acids is 1. The summed E-state index contributed by atoms with van der Waals surface area (Å²) < 4.78 is 27.0. The Morgan fingerprint density at radius 3 is 2.82 bits per heavy atom. The quantitative estimate of drug-likeness (QED) is 0.750. The van der Waals surface area contributed by atoms with Crippen molar-refractivity contribution in [2.45, 2.75) is 13.3 Å². The van der Waals surface area contributed by atoms with Crippen molar-refractivity contribution in [3.63, 3.8) is 0 Å². The van der Waals surface area contributed by atoms with E-state index in [0.29, 0.717) is 6.54 Å². The fourth-order valence-corrected chi connectivity index (χ4v) is 3.17. The van der Waals surface area contributed by atoms with E-state index in [4.69, 9.17) is 5.11 Å². The summed E-state index contributed by atoms with van der Waals surface area (Å²) >= 11 is 0. The molecule has 0 saturated carbocycles. The summed E-state index contributed by atoms with van der Waals surface area (Å²) in [5.41, 5.74) is 0.165. The van der Waals surface area contributed by atoms with Gasteiger partial charge in [-0.15, -0.1) is 4.40 Å². The molecular weight excluding hydrogens is 310 g/mol. The third-order valence-electron chi connectivity index (χ3n) is 3.35. The van der Waals surface area contributed by atoms with Crippen LogP contribution in [-0.2, 0) is 19.6 Å². The molecule has 0 bridgehead atoms. The van der Waals surface area contributed by atoms with Crippen LogP contribution in [0.3, 0.4) is 0 Å². The van der Waals surface area contributed by atoms with Crippen LogP contribution in [0.4, 0.5) is 0 Å². The molecule has 9 heteroatoms. The van der Waals surface area contributed by atoms with Crippen LogP contribution in [0.15, 0.2) is 28.3 Å². The first-order valence-corrected chi connectivity index (χ1v) is 8.44. The Kier molecular flexibility index (Phi) is 4.65. The van der Waals surface area contributed by atoms with Gasteiger partial charge in [0, 0.05) is 25.8 Å². The number of amides is 1. The number of fused-ring (bicyclic) bond motifs is 1. The molecule has 0 spiro atoms. The van der Waals surface area contributed by atoms with Gasteiger partial charge >= 0.3 is 5.97 Å². The number of carbonyl (C=O) groups is 2. The van der Waals surface area contributed by atoms with E-state index < -0.39 is 21.9 Å². The van der Waals surface area contributed by atoms with Crippen LogP contribution in [0.5, 0.6) is 0 Å². The molecule has 0 aromatic rings. The van der Waals surface area contributed by atoms with Crippen molar-refractivity contribution >= 4 is 27.7 Å². The van der Waals surface area contributed by atoms with Gasteiger partial charge in [-0.2, -0.15) is 0 Å². The highest BCUT2D eigenvalue weighted by molar-refractivity contribution is 7.90. The average molecular weight is 327 g/mol. The molecule has 0 aromatic heterocycles. The fourth-order valence-electron chi connectivity index (χ4n) is 2.19. The molecule has 0 fully saturated rings. The lowest BCUT2D eigenvalue weighted by atomic mass is 10.1. The molecule has 0 atom stereocenters. The predicted molar refractivity (Wildman–Crippen MR) is 79.7 cm³/mol. The number of likely N-dealkylation sites (N-methyl/N-ethyl adjacent to an activating group) is 1. The first-order valence-electron chi connectivity index (χ1n) is 6.83. The fraction of sp³-hybridized carbons (Fsp3) is 0.462. The van der Waals surface area contributed by atoms with E-state index in [1.54, 1.807) is 24.1 Å². The number of hydrogen-bond acceptors (Lipinski definition) is 5. The van der Waals surface area contributed by atoms with Crippen molar-refractivity contribution in [2.24, 2.45) is 4.40 Å². The van der Waals surface area contributed by atoms with Crippen LogP contribution in [-0.4, -0.2) is 66.4 Å². The molecule has 2 aliphatic heterocycles. The van der Waals surface area contributed by atoms with Crippen LogP contribution in [0.1, 0.15) is 13.3 Å². The van der Waals surface area contributed by atoms with Crippen molar-refractivity contribution in [3.05, 3.63) is 23.9 Å². The van der Waals surface area contributed by atoms with Crippen molar-refractivity contribution in [1.82, 2.24) is 9.80 Å². The predicted octanol–water partition coefficient (Wildman–Crippen LogP) is -0.193. The summed E-state index contributed by atoms with van der Waals surface area (Å²) in [7, 11) is -3.57. The lowest BCUT2D eigenvalue weighted by molar-refractivity contribution is -0.138. The van der Waals surface area contributed by atoms with E-state index in [1.807, 2.05) is 0 Å². The Hall–Kier alpha value is -2.16. The van der Waals surface area contributed by atoms with Gasteiger partial charge in [0.05, 0.1) is 17.7 Å². The second kappa shape index (κ2) is 6.30. The molecule has 2 heterocycles. The number of rotatable bonds is 5. The molecule has 0 aliphatic carbocycles. The third-order valence-corrected chi connectivity index (χ3v) is 4.50.